The summed E-state index contributed by atoms with van der Waals surface area (Å²) in [6.07, 6.45) is -11.5. The normalized spacial score (nSPS) is 21.3. The van der Waals surface area contributed by atoms with Crippen molar-refractivity contribution in [3.63, 3.8) is 0 Å². The molecule has 1 aliphatic heterocycles. The van der Waals surface area contributed by atoms with Crippen LogP contribution in [0.4, 0.5) is 26.3 Å². The summed E-state index contributed by atoms with van der Waals surface area (Å²) in [5.41, 5.74) is 1.17. The summed E-state index contributed by atoms with van der Waals surface area (Å²) in [7, 11) is 0. The first-order valence-corrected chi connectivity index (χ1v) is 5.43. The zero-order valence-electron chi connectivity index (χ0n) is 10.5. The Bertz CT molecular complexity index is 293. The Morgan fingerprint density at radius 2 is 1.47 bits per heavy atom. The molecule has 0 aromatic carbocycles. The second kappa shape index (κ2) is 5.29. The molecule has 0 aliphatic carbocycles. The van der Waals surface area contributed by atoms with Crippen molar-refractivity contribution in [2.45, 2.75) is 38.2 Å². The largest absolute Gasteiger partial charge is 0.404 e. The maximum Gasteiger partial charge on any atom is 0.404 e. The summed E-state index contributed by atoms with van der Waals surface area (Å²) in [6, 6.07) is 0. The maximum absolute atomic E-state index is 12.7. The highest BCUT2D eigenvalue weighted by atomic mass is 35.5. The molecular weight excluding hydrogens is 298 g/mol. The number of rotatable bonds is 2. The van der Waals surface area contributed by atoms with Crippen molar-refractivity contribution in [2.75, 3.05) is 19.6 Å². The van der Waals surface area contributed by atoms with Gasteiger partial charge in [-0.25, -0.2) is 0 Å². The smallest absolute Gasteiger partial charge is 0.324 e. The van der Waals surface area contributed by atoms with E-state index in [0.717, 1.165) is 4.90 Å². The van der Waals surface area contributed by atoms with Crippen LogP contribution in [0.3, 0.4) is 0 Å². The zero-order valence-corrected chi connectivity index (χ0v) is 11.3. The van der Waals surface area contributed by atoms with Gasteiger partial charge in [0.2, 0.25) is 0 Å². The van der Waals surface area contributed by atoms with Crippen LogP contribution in [0.5, 0.6) is 0 Å². The summed E-state index contributed by atoms with van der Waals surface area (Å²) in [6.45, 7) is 1.81. The van der Waals surface area contributed by atoms with E-state index in [4.69, 9.17) is 5.73 Å². The molecule has 0 amide bonds. The zero-order chi connectivity index (χ0) is 14.4. The fraction of sp³-hybridized carbons (Fsp3) is 1.00. The average Bonchev–Trinajstić information content (AvgIpc) is 2.43. The van der Waals surface area contributed by atoms with E-state index in [0.29, 0.717) is 0 Å². The average molecular weight is 315 g/mol. The molecule has 116 valence electrons. The van der Waals surface area contributed by atoms with E-state index >= 15 is 0 Å². The molecule has 0 bridgehead atoms. The molecule has 2 N–H and O–H groups in total. The molecule has 1 fully saturated rings. The molecule has 1 saturated heterocycles. The summed E-state index contributed by atoms with van der Waals surface area (Å²) in [5.74, 6) is 0. The topological polar surface area (TPSA) is 29.3 Å². The molecule has 0 spiro atoms. The van der Waals surface area contributed by atoms with Crippen molar-refractivity contribution in [1.29, 1.82) is 0 Å². The van der Waals surface area contributed by atoms with Crippen LogP contribution in [-0.4, -0.2) is 42.4 Å². The van der Waals surface area contributed by atoms with Gasteiger partial charge in [0.1, 0.15) is 0 Å². The number of hydrogen-bond acceptors (Lipinski definition) is 2. The standard InChI is InChI=1S/C10H16F6N2.ClH/c1-7(2,17)5-18-4-3-8(6-18,9(11,12)13)10(14,15)16;/h3-6,17H2,1-2H3;1H. The van der Waals surface area contributed by atoms with Crippen LogP contribution in [0.1, 0.15) is 20.3 Å². The molecule has 1 aliphatic rings. The lowest BCUT2D eigenvalue weighted by Gasteiger charge is -2.34. The molecule has 0 aromatic heterocycles. The lowest BCUT2D eigenvalue weighted by molar-refractivity contribution is -0.335. The van der Waals surface area contributed by atoms with Gasteiger partial charge in [0.15, 0.2) is 5.41 Å². The first-order chi connectivity index (χ1) is 7.79. The van der Waals surface area contributed by atoms with Gasteiger partial charge >= 0.3 is 12.4 Å². The lowest BCUT2D eigenvalue weighted by Crippen LogP contribution is -2.53. The molecule has 1 heterocycles. The third-order valence-corrected chi connectivity index (χ3v) is 3.06. The van der Waals surface area contributed by atoms with Crippen molar-refractivity contribution in [2.24, 2.45) is 11.1 Å². The van der Waals surface area contributed by atoms with Gasteiger partial charge in [-0.1, -0.05) is 0 Å². The third-order valence-electron chi connectivity index (χ3n) is 3.06. The number of likely N-dealkylation sites (tertiary alicyclic amines) is 1. The molecule has 19 heavy (non-hydrogen) atoms. The van der Waals surface area contributed by atoms with Gasteiger partial charge in [0.25, 0.3) is 0 Å². The molecule has 0 unspecified atom stereocenters. The van der Waals surface area contributed by atoms with Gasteiger partial charge in [0.05, 0.1) is 0 Å². The molecule has 0 saturated carbocycles. The Balaban J connectivity index is 0.00000324. The molecule has 1 rings (SSSR count). The van der Waals surface area contributed by atoms with Crippen molar-refractivity contribution in [1.82, 2.24) is 4.90 Å². The molecule has 0 radical (unpaired) electrons. The number of alkyl halides is 6. The summed E-state index contributed by atoms with van der Waals surface area (Å²) in [4.78, 5) is 1.13. The highest BCUT2D eigenvalue weighted by Crippen LogP contribution is 2.55. The van der Waals surface area contributed by atoms with Crippen LogP contribution >= 0.6 is 12.4 Å². The fourth-order valence-electron chi connectivity index (χ4n) is 2.22. The van der Waals surface area contributed by atoms with Gasteiger partial charge in [-0.3, -0.25) is 0 Å². The van der Waals surface area contributed by atoms with Crippen LogP contribution in [-0.2, 0) is 0 Å². The highest BCUT2D eigenvalue weighted by Gasteiger charge is 2.72. The van der Waals surface area contributed by atoms with Crippen molar-refractivity contribution in [3.8, 4) is 0 Å². The van der Waals surface area contributed by atoms with Crippen LogP contribution in [0.25, 0.3) is 0 Å². The van der Waals surface area contributed by atoms with E-state index in [1.165, 1.54) is 0 Å². The van der Waals surface area contributed by atoms with Gasteiger partial charge in [-0.15, -0.1) is 12.4 Å². The Morgan fingerprint density at radius 1 is 1.05 bits per heavy atom. The first kappa shape index (κ1) is 18.8. The quantitative estimate of drug-likeness (QED) is 0.794. The number of hydrogen-bond donors (Lipinski definition) is 1. The molecule has 0 atom stereocenters. The van der Waals surface area contributed by atoms with Gasteiger partial charge < -0.3 is 10.6 Å². The van der Waals surface area contributed by atoms with Crippen molar-refractivity contribution >= 4 is 12.4 Å². The summed E-state index contributed by atoms with van der Waals surface area (Å²) < 4.78 is 76.4. The molecular formula is C10H17ClF6N2. The Labute approximate surface area is 113 Å². The van der Waals surface area contributed by atoms with Crippen LogP contribution in [0, 0.1) is 5.41 Å². The predicted molar refractivity (Wildman–Crippen MR) is 61.1 cm³/mol. The fourth-order valence-corrected chi connectivity index (χ4v) is 2.22. The van der Waals surface area contributed by atoms with E-state index in [1.807, 2.05) is 0 Å². The number of halogens is 7. The molecule has 0 aromatic rings. The summed E-state index contributed by atoms with van der Waals surface area (Å²) in [5, 5.41) is 0. The Kier molecular flexibility index (Phi) is 5.23. The van der Waals surface area contributed by atoms with Gasteiger partial charge in [-0.05, 0) is 26.8 Å². The second-order valence-electron chi connectivity index (χ2n) is 5.53. The van der Waals surface area contributed by atoms with E-state index in [2.05, 4.69) is 0 Å². The van der Waals surface area contributed by atoms with Crippen LogP contribution in [0.2, 0.25) is 0 Å². The van der Waals surface area contributed by atoms with Crippen LogP contribution in [0.15, 0.2) is 0 Å². The minimum atomic E-state index is -5.29. The second-order valence-corrected chi connectivity index (χ2v) is 5.53. The summed E-state index contributed by atoms with van der Waals surface area (Å²) >= 11 is 0. The monoisotopic (exact) mass is 314 g/mol. The lowest BCUT2D eigenvalue weighted by atomic mass is 9.85. The number of nitrogens with two attached hydrogens (primary N) is 1. The SMILES string of the molecule is CC(C)(N)CN1CCC(C(F)(F)F)(C(F)(F)F)C1.Cl. The minimum absolute atomic E-state index is 0. The molecule has 9 heteroatoms. The first-order valence-electron chi connectivity index (χ1n) is 5.43. The number of nitrogens with zero attached hydrogens (tertiary/aromatic N) is 1. The molecule has 2 nitrogen and oxygen atoms in total. The van der Waals surface area contributed by atoms with Gasteiger partial charge in [0, 0.05) is 18.6 Å². The van der Waals surface area contributed by atoms with Crippen molar-refractivity contribution < 1.29 is 26.3 Å². The highest BCUT2D eigenvalue weighted by molar-refractivity contribution is 5.85. The third kappa shape index (κ3) is 3.88. The Morgan fingerprint density at radius 3 is 1.74 bits per heavy atom. The maximum atomic E-state index is 12.7. The van der Waals surface area contributed by atoms with Crippen molar-refractivity contribution in [3.05, 3.63) is 0 Å². The Hall–Kier alpha value is -0.210. The minimum Gasteiger partial charge on any atom is -0.324 e. The van der Waals surface area contributed by atoms with Gasteiger partial charge in [-0.2, -0.15) is 26.3 Å². The van der Waals surface area contributed by atoms with E-state index < -0.39 is 36.3 Å². The predicted octanol–water partition coefficient (Wildman–Crippen LogP) is 2.96. The van der Waals surface area contributed by atoms with E-state index in [1.54, 1.807) is 13.8 Å². The van der Waals surface area contributed by atoms with Crippen LogP contribution < -0.4 is 5.73 Å². The van der Waals surface area contributed by atoms with E-state index in [-0.39, 0.29) is 25.5 Å². The van der Waals surface area contributed by atoms with E-state index in [9.17, 15) is 26.3 Å².